The number of hydrogen-bond acceptors (Lipinski definition) is 2. The van der Waals surface area contributed by atoms with Crippen molar-refractivity contribution < 1.29 is 4.74 Å². The van der Waals surface area contributed by atoms with Gasteiger partial charge in [0.25, 0.3) is 0 Å². The molecule has 1 aromatic rings. The van der Waals surface area contributed by atoms with Crippen molar-refractivity contribution in [1.82, 2.24) is 0 Å². The van der Waals surface area contributed by atoms with Gasteiger partial charge in [-0.15, -0.1) is 0 Å². The fraction of sp³-hybridized carbons (Fsp3) is 0.300. The molecule has 76 valence electrons. The van der Waals surface area contributed by atoms with Crippen molar-refractivity contribution >= 4 is 21.8 Å². The highest BCUT2D eigenvalue weighted by Crippen LogP contribution is 2.23. The zero-order chi connectivity index (χ0) is 10.6. The molecule has 0 saturated carbocycles. The number of halogens is 1. The highest BCUT2D eigenvalue weighted by atomic mass is 79.9. The Morgan fingerprint density at radius 1 is 1.57 bits per heavy atom. The van der Waals surface area contributed by atoms with E-state index in [-0.39, 0.29) is 5.84 Å². The molecule has 0 aliphatic heterocycles. The molecule has 0 atom stereocenters. The number of amidine groups is 1. The first-order valence-electron chi connectivity index (χ1n) is 4.42. The Balaban J connectivity index is 2.97. The van der Waals surface area contributed by atoms with E-state index in [0.717, 1.165) is 10.9 Å². The summed E-state index contributed by atoms with van der Waals surface area (Å²) in [7, 11) is 0. The Bertz CT molecular complexity index is 339. The van der Waals surface area contributed by atoms with Crippen molar-refractivity contribution in [1.29, 1.82) is 5.41 Å². The second-order valence-corrected chi connectivity index (χ2v) is 3.82. The first kappa shape index (κ1) is 11.0. The number of rotatable bonds is 4. The van der Waals surface area contributed by atoms with Crippen LogP contribution in [-0.2, 0) is 0 Å². The van der Waals surface area contributed by atoms with Crippen LogP contribution in [0.25, 0.3) is 0 Å². The van der Waals surface area contributed by atoms with Gasteiger partial charge in [0.2, 0.25) is 0 Å². The number of nitrogens with two attached hydrogens (primary N) is 1. The molecule has 1 rings (SSSR count). The predicted molar refractivity (Wildman–Crippen MR) is 60.9 cm³/mol. The molecule has 0 bridgehead atoms. The van der Waals surface area contributed by atoms with Crippen LogP contribution in [0.4, 0.5) is 0 Å². The summed E-state index contributed by atoms with van der Waals surface area (Å²) in [6.07, 6.45) is 0.934. The lowest BCUT2D eigenvalue weighted by atomic mass is 10.2. The van der Waals surface area contributed by atoms with Gasteiger partial charge in [-0.25, -0.2) is 0 Å². The highest BCUT2D eigenvalue weighted by molar-refractivity contribution is 9.10. The smallest absolute Gasteiger partial charge is 0.131 e. The molecule has 3 nitrogen and oxygen atoms in total. The maximum absolute atomic E-state index is 7.36. The van der Waals surface area contributed by atoms with Crippen LogP contribution in [0.2, 0.25) is 0 Å². The molecular weight excluding hydrogens is 244 g/mol. The molecule has 0 aromatic heterocycles. The lowest BCUT2D eigenvalue weighted by Gasteiger charge is -2.09. The lowest BCUT2D eigenvalue weighted by molar-refractivity contribution is 0.316. The van der Waals surface area contributed by atoms with Crippen molar-refractivity contribution in [3.8, 4) is 5.75 Å². The Morgan fingerprint density at radius 3 is 2.86 bits per heavy atom. The third kappa shape index (κ3) is 2.73. The molecule has 14 heavy (non-hydrogen) atoms. The van der Waals surface area contributed by atoms with Gasteiger partial charge in [0.15, 0.2) is 0 Å². The van der Waals surface area contributed by atoms with Crippen LogP contribution in [-0.4, -0.2) is 12.4 Å². The van der Waals surface area contributed by atoms with E-state index < -0.39 is 0 Å². The van der Waals surface area contributed by atoms with Gasteiger partial charge in [-0.05, 0) is 24.6 Å². The maximum atomic E-state index is 7.36. The topological polar surface area (TPSA) is 59.1 Å². The van der Waals surface area contributed by atoms with E-state index in [2.05, 4.69) is 15.9 Å². The second kappa shape index (κ2) is 5.00. The van der Waals surface area contributed by atoms with Crippen LogP contribution in [0.5, 0.6) is 5.75 Å². The van der Waals surface area contributed by atoms with E-state index in [9.17, 15) is 0 Å². The first-order valence-corrected chi connectivity index (χ1v) is 5.21. The molecule has 0 unspecified atom stereocenters. The van der Waals surface area contributed by atoms with E-state index in [1.807, 2.05) is 19.1 Å². The Labute approximate surface area is 91.9 Å². The summed E-state index contributed by atoms with van der Waals surface area (Å²) in [5.74, 6) is 0.692. The lowest BCUT2D eigenvalue weighted by Crippen LogP contribution is -2.13. The minimum atomic E-state index is 0.0311. The molecule has 1 aromatic carbocycles. The zero-order valence-corrected chi connectivity index (χ0v) is 9.60. The van der Waals surface area contributed by atoms with Crippen LogP contribution >= 0.6 is 15.9 Å². The number of nitrogens with one attached hydrogen (secondary N) is 1. The van der Waals surface area contributed by atoms with Gasteiger partial charge in [0, 0.05) is 4.47 Å². The average Bonchev–Trinajstić information content (AvgIpc) is 2.14. The van der Waals surface area contributed by atoms with Crippen LogP contribution in [0.1, 0.15) is 18.9 Å². The minimum absolute atomic E-state index is 0.0311. The van der Waals surface area contributed by atoms with Crippen LogP contribution in [0.15, 0.2) is 22.7 Å². The van der Waals surface area contributed by atoms with Crippen LogP contribution in [0, 0.1) is 5.41 Å². The third-order valence-corrected chi connectivity index (χ3v) is 2.19. The number of benzene rings is 1. The number of ether oxygens (including phenoxy) is 1. The van der Waals surface area contributed by atoms with Gasteiger partial charge in [0.05, 0.1) is 12.2 Å². The predicted octanol–water partition coefficient (Wildman–Crippen LogP) is 2.52. The average molecular weight is 257 g/mol. The standard InChI is InChI=1S/C10H13BrN2O/c1-2-5-14-9-6-7(11)3-4-8(9)10(12)13/h3-4,6H,2,5H2,1H3,(H3,12,13). The van der Waals surface area contributed by atoms with Gasteiger partial charge >= 0.3 is 0 Å². The Hall–Kier alpha value is -1.03. The molecule has 0 amide bonds. The van der Waals surface area contributed by atoms with Crippen molar-refractivity contribution in [2.45, 2.75) is 13.3 Å². The molecule has 0 saturated heterocycles. The van der Waals surface area contributed by atoms with Crippen molar-refractivity contribution in [3.63, 3.8) is 0 Å². The molecule has 0 spiro atoms. The van der Waals surface area contributed by atoms with Crippen molar-refractivity contribution in [2.75, 3.05) is 6.61 Å². The monoisotopic (exact) mass is 256 g/mol. The highest BCUT2D eigenvalue weighted by Gasteiger charge is 2.06. The second-order valence-electron chi connectivity index (χ2n) is 2.90. The van der Waals surface area contributed by atoms with Gasteiger partial charge in [-0.1, -0.05) is 22.9 Å². The SMILES string of the molecule is CCCOc1cc(Br)ccc1C(=N)N. The summed E-state index contributed by atoms with van der Waals surface area (Å²) >= 11 is 3.35. The largest absolute Gasteiger partial charge is 0.493 e. The maximum Gasteiger partial charge on any atom is 0.131 e. The Kier molecular flexibility index (Phi) is 3.95. The summed E-state index contributed by atoms with van der Waals surface area (Å²) in [5, 5.41) is 7.36. The molecular formula is C10H13BrN2O. The van der Waals surface area contributed by atoms with Crippen LogP contribution < -0.4 is 10.5 Å². The summed E-state index contributed by atoms with van der Waals surface area (Å²) < 4.78 is 6.40. The quantitative estimate of drug-likeness (QED) is 0.643. The summed E-state index contributed by atoms with van der Waals surface area (Å²) in [6.45, 7) is 2.67. The molecule has 0 aliphatic rings. The zero-order valence-electron chi connectivity index (χ0n) is 8.01. The Morgan fingerprint density at radius 2 is 2.29 bits per heavy atom. The van der Waals surface area contributed by atoms with Gasteiger partial charge < -0.3 is 10.5 Å². The minimum Gasteiger partial charge on any atom is -0.493 e. The van der Waals surface area contributed by atoms with Gasteiger partial charge in [-0.3, -0.25) is 5.41 Å². The molecule has 4 heteroatoms. The first-order chi connectivity index (χ1) is 6.65. The van der Waals surface area contributed by atoms with Crippen molar-refractivity contribution in [3.05, 3.63) is 28.2 Å². The van der Waals surface area contributed by atoms with E-state index in [0.29, 0.717) is 17.9 Å². The van der Waals surface area contributed by atoms with E-state index in [1.165, 1.54) is 0 Å². The van der Waals surface area contributed by atoms with E-state index in [4.69, 9.17) is 15.9 Å². The van der Waals surface area contributed by atoms with E-state index >= 15 is 0 Å². The summed E-state index contributed by atoms with van der Waals surface area (Å²) in [6, 6.07) is 5.44. The van der Waals surface area contributed by atoms with Gasteiger partial charge in [0.1, 0.15) is 11.6 Å². The summed E-state index contributed by atoms with van der Waals surface area (Å²) in [4.78, 5) is 0. The van der Waals surface area contributed by atoms with Gasteiger partial charge in [-0.2, -0.15) is 0 Å². The molecule has 0 fully saturated rings. The molecule has 0 heterocycles. The van der Waals surface area contributed by atoms with Crippen LogP contribution in [0.3, 0.4) is 0 Å². The number of nitrogen functional groups attached to an aromatic ring is 1. The summed E-state index contributed by atoms with van der Waals surface area (Å²) in [5.41, 5.74) is 6.06. The normalized spacial score (nSPS) is 9.86. The third-order valence-electron chi connectivity index (χ3n) is 1.70. The van der Waals surface area contributed by atoms with Crippen molar-refractivity contribution in [2.24, 2.45) is 5.73 Å². The molecule has 3 N–H and O–H groups in total. The number of hydrogen-bond donors (Lipinski definition) is 2. The van der Waals surface area contributed by atoms with E-state index in [1.54, 1.807) is 6.07 Å². The fourth-order valence-corrected chi connectivity index (χ4v) is 1.39. The molecule has 0 aliphatic carbocycles. The fourth-order valence-electron chi connectivity index (χ4n) is 1.05. The molecule has 0 radical (unpaired) electrons.